The van der Waals surface area contributed by atoms with E-state index in [2.05, 4.69) is 51.0 Å². The number of fused-ring (bicyclic) bond motifs is 1. The monoisotopic (exact) mass is 435 g/mol. The molecule has 2 saturated heterocycles. The van der Waals surface area contributed by atoms with Crippen LogP contribution >= 0.6 is 11.6 Å². The second-order valence-corrected chi connectivity index (χ2v) is 9.11. The van der Waals surface area contributed by atoms with Crippen LogP contribution < -0.4 is 4.90 Å². The smallest absolute Gasteiger partial charge is 0.134 e. The number of piperidine rings is 1. The third-order valence-electron chi connectivity index (χ3n) is 6.77. The highest BCUT2D eigenvalue weighted by atomic mass is 35.5. The molecule has 2 aliphatic rings. The maximum Gasteiger partial charge on any atom is 0.134 e. The molecule has 0 amide bonds. The topological polar surface area (TPSA) is 42.8 Å². The van der Waals surface area contributed by atoms with Crippen LogP contribution in [-0.4, -0.2) is 72.2 Å². The van der Waals surface area contributed by atoms with E-state index in [1.54, 1.807) is 18.3 Å². The largest absolute Gasteiger partial charge is 0.506 e. The minimum atomic E-state index is 0.102. The Labute approximate surface area is 188 Å². The van der Waals surface area contributed by atoms with E-state index in [9.17, 15) is 5.11 Å². The van der Waals surface area contributed by atoms with Gasteiger partial charge in [0.05, 0.1) is 16.2 Å². The van der Waals surface area contributed by atoms with Crippen molar-refractivity contribution in [1.82, 2.24) is 14.8 Å². The number of benzene rings is 2. The molecule has 0 saturated carbocycles. The summed E-state index contributed by atoms with van der Waals surface area (Å²) in [5.74, 6) is 0.102. The fraction of sp³-hybridized carbons (Fsp3) is 0.400. The SMILES string of the molecule is CN1CCN(C2CCN(c3[c]cnc4ccc(-c5ccc(O)c(Cl)c5)cc34)CC2)CC1. The van der Waals surface area contributed by atoms with Crippen molar-refractivity contribution in [1.29, 1.82) is 0 Å². The Hall–Kier alpha value is -2.34. The average Bonchev–Trinajstić information content (AvgIpc) is 2.81. The Bertz CT molecular complexity index is 1070. The van der Waals surface area contributed by atoms with Gasteiger partial charge in [0.1, 0.15) is 5.75 Å². The predicted octanol–water partition coefficient (Wildman–Crippen LogP) is 4.28. The molecule has 0 atom stereocenters. The first-order chi connectivity index (χ1) is 15.1. The van der Waals surface area contributed by atoms with Crippen LogP contribution in [0.1, 0.15) is 12.8 Å². The van der Waals surface area contributed by atoms with Crippen LogP contribution in [0.2, 0.25) is 5.02 Å². The lowest BCUT2D eigenvalue weighted by atomic mass is 9.99. The second kappa shape index (κ2) is 8.65. The summed E-state index contributed by atoms with van der Waals surface area (Å²) in [6.45, 7) is 6.80. The van der Waals surface area contributed by atoms with E-state index in [0.717, 1.165) is 40.8 Å². The summed E-state index contributed by atoms with van der Waals surface area (Å²) in [6.07, 6.45) is 4.17. The molecule has 5 nitrogen and oxygen atoms in total. The summed E-state index contributed by atoms with van der Waals surface area (Å²) >= 11 is 6.14. The summed E-state index contributed by atoms with van der Waals surface area (Å²) in [7, 11) is 2.21. The zero-order chi connectivity index (χ0) is 21.4. The van der Waals surface area contributed by atoms with Gasteiger partial charge in [0, 0.05) is 63.0 Å². The van der Waals surface area contributed by atoms with Crippen molar-refractivity contribution >= 4 is 28.2 Å². The first-order valence-electron chi connectivity index (χ1n) is 11.1. The van der Waals surface area contributed by atoms with Gasteiger partial charge in [0.2, 0.25) is 0 Å². The van der Waals surface area contributed by atoms with E-state index in [1.807, 2.05) is 6.07 Å². The van der Waals surface area contributed by atoms with Crippen LogP contribution in [0.4, 0.5) is 5.69 Å². The first-order valence-corrected chi connectivity index (χ1v) is 11.4. The molecule has 0 bridgehead atoms. The predicted molar refractivity (Wildman–Crippen MR) is 127 cm³/mol. The normalized spacial score (nSPS) is 19.2. The van der Waals surface area contributed by atoms with Gasteiger partial charge in [-0.05, 0) is 55.3 Å². The van der Waals surface area contributed by atoms with Crippen molar-refractivity contribution in [3.63, 3.8) is 0 Å². The summed E-state index contributed by atoms with van der Waals surface area (Å²) in [5.41, 5.74) is 4.15. The van der Waals surface area contributed by atoms with Gasteiger partial charge in [-0.3, -0.25) is 9.88 Å². The Morgan fingerprint density at radius 3 is 2.42 bits per heavy atom. The molecular formula is C25H28ClN4O. The maximum atomic E-state index is 9.75. The number of nitrogens with zero attached hydrogens (tertiary/aromatic N) is 4. The number of halogens is 1. The van der Waals surface area contributed by atoms with Crippen molar-refractivity contribution in [3.8, 4) is 16.9 Å². The van der Waals surface area contributed by atoms with E-state index in [4.69, 9.17) is 11.6 Å². The molecule has 0 unspecified atom stereocenters. The first kappa shape index (κ1) is 20.6. The van der Waals surface area contributed by atoms with E-state index in [0.29, 0.717) is 11.1 Å². The third-order valence-corrected chi connectivity index (χ3v) is 7.08. The lowest BCUT2D eigenvalue weighted by Gasteiger charge is -2.42. The molecule has 0 spiro atoms. The number of piperazine rings is 1. The number of rotatable bonds is 3. The summed E-state index contributed by atoms with van der Waals surface area (Å²) < 4.78 is 0. The van der Waals surface area contributed by atoms with Crippen molar-refractivity contribution in [2.45, 2.75) is 18.9 Å². The Balaban J connectivity index is 1.38. The van der Waals surface area contributed by atoms with E-state index in [-0.39, 0.29) is 5.75 Å². The molecule has 3 heterocycles. The fourth-order valence-electron chi connectivity index (χ4n) is 4.85. The molecule has 0 aliphatic carbocycles. The molecule has 5 rings (SSSR count). The zero-order valence-corrected chi connectivity index (χ0v) is 18.6. The highest BCUT2D eigenvalue weighted by molar-refractivity contribution is 6.32. The number of likely N-dealkylation sites (N-methyl/N-ethyl adjacent to an activating group) is 1. The van der Waals surface area contributed by atoms with Gasteiger partial charge < -0.3 is 14.9 Å². The molecule has 2 aromatic carbocycles. The number of pyridine rings is 1. The van der Waals surface area contributed by atoms with Crippen LogP contribution in [0.5, 0.6) is 5.75 Å². The van der Waals surface area contributed by atoms with Crippen LogP contribution in [0.15, 0.2) is 42.6 Å². The molecule has 1 N–H and O–H groups in total. The molecule has 1 radical (unpaired) electrons. The van der Waals surface area contributed by atoms with Crippen molar-refractivity contribution in [2.75, 3.05) is 51.2 Å². The van der Waals surface area contributed by atoms with E-state index in [1.165, 1.54) is 39.0 Å². The van der Waals surface area contributed by atoms with Crippen molar-refractivity contribution < 1.29 is 5.11 Å². The molecule has 2 fully saturated rings. The lowest BCUT2D eigenvalue weighted by molar-refractivity contribution is 0.0982. The minimum Gasteiger partial charge on any atom is -0.506 e. The molecule has 161 valence electrons. The average molecular weight is 436 g/mol. The van der Waals surface area contributed by atoms with Gasteiger partial charge in [-0.15, -0.1) is 0 Å². The van der Waals surface area contributed by atoms with Crippen LogP contribution in [-0.2, 0) is 0 Å². The van der Waals surface area contributed by atoms with Gasteiger partial charge in [-0.25, -0.2) is 0 Å². The quantitative estimate of drug-likeness (QED) is 0.665. The van der Waals surface area contributed by atoms with E-state index < -0.39 is 0 Å². The van der Waals surface area contributed by atoms with E-state index >= 15 is 0 Å². The molecule has 31 heavy (non-hydrogen) atoms. The molecular weight excluding hydrogens is 408 g/mol. The van der Waals surface area contributed by atoms with Gasteiger partial charge in [-0.1, -0.05) is 23.7 Å². The summed E-state index contributed by atoms with van der Waals surface area (Å²) in [4.78, 5) is 12.1. The standard InChI is InChI=1S/C25H28ClN4O/c1-28-12-14-29(15-13-28)20-7-10-30(11-8-20)24-6-9-27-23-4-2-18(16-21(23)24)19-3-5-25(31)22(26)17-19/h2-5,9,16-17,20,31H,7-8,10-15H2,1H3. The fourth-order valence-corrected chi connectivity index (χ4v) is 5.03. The zero-order valence-electron chi connectivity index (χ0n) is 17.9. The minimum absolute atomic E-state index is 0.102. The summed E-state index contributed by atoms with van der Waals surface area (Å²) in [6, 6.07) is 15.7. The van der Waals surface area contributed by atoms with Crippen LogP contribution in [0, 0.1) is 6.07 Å². The highest BCUT2D eigenvalue weighted by Gasteiger charge is 2.27. The van der Waals surface area contributed by atoms with Gasteiger partial charge in [-0.2, -0.15) is 0 Å². The highest BCUT2D eigenvalue weighted by Crippen LogP contribution is 2.34. The lowest BCUT2D eigenvalue weighted by Crippen LogP contribution is -2.52. The molecule has 1 aromatic heterocycles. The number of phenols is 1. The van der Waals surface area contributed by atoms with Crippen LogP contribution in [0.3, 0.4) is 0 Å². The van der Waals surface area contributed by atoms with Gasteiger partial charge >= 0.3 is 0 Å². The van der Waals surface area contributed by atoms with Gasteiger partial charge in [0.15, 0.2) is 0 Å². The van der Waals surface area contributed by atoms with Crippen LogP contribution in [0.25, 0.3) is 22.0 Å². The molecule has 3 aromatic rings. The second-order valence-electron chi connectivity index (χ2n) is 8.71. The van der Waals surface area contributed by atoms with Crippen molar-refractivity contribution in [2.24, 2.45) is 0 Å². The summed E-state index contributed by atoms with van der Waals surface area (Å²) in [5, 5.41) is 11.2. The number of hydrogen-bond donors (Lipinski definition) is 1. The Morgan fingerprint density at radius 2 is 1.68 bits per heavy atom. The Morgan fingerprint density at radius 1 is 0.968 bits per heavy atom. The Kier molecular flexibility index (Phi) is 5.74. The maximum absolute atomic E-state index is 9.75. The number of phenolic OH excluding ortho intramolecular Hbond substituents is 1. The number of aromatic hydroxyl groups is 1. The number of anilines is 1. The molecule has 2 aliphatic heterocycles. The molecule has 6 heteroatoms. The number of aromatic nitrogens is 1. The van der Waals surface area contributed by atoms with Crippen molar-refractivity contribution in [3.05, 3.63) is 53.7 Å². The van der Waals surface area contributed by atoms with Gasteiger partial charge in [0.25, 0.3) is 0 Å². The number of hydrogen-bond acceptors (Lipinski definition) is 5. The third kappa shape index (κ3) is 4.22.